The number of anilines is 2. The smallest absolute Gasteiger partial charge is 0.0384 e. The number of hydrogen-bond donors (Lipinski definition) is 1. The van der Waals surface area contributed by atoms with Crippen LogP contribution < -0.4 is 5.32 Å². The average Bonchev–Trinajstić information content (AvgIpc) is 2.21. The molecule has 0 amide bonds. The molecule has 0 aliphatic heterocycles. The molecule has 0 heterocycles. The summed E-state index contributed by atoms with van der Waals surface area (Å²) >= 11 is 0. The first-order valence-electron chi connectivity index (χ1n) is 4.32. The molecule has 14 heavy (non-hydrogen) atoms. The summed E-state index contributed by atoms with van der Waals surface area (Å²) in [5.74, 6) is 0. The molecule has 0 bridgehead atoms. The number of nitrogens with one attached hydrogen (secondary N) is 1. The maximum Gasteiger partial charge on any atom is 0.0384 e. The predicted octanol–water partition coefficient (Wildman–Crippen LogP) is 3.05. The van der Waals surface area contributed by atoms with Crippen molar-refractivity contribution in [3.05, 3.63) is 60.7 Å². The van der Waals surface area contributed by atoms with Gasteiger partial charge < -0.3 is 5.32 Å². The van der Waals surface area contributed by atoms with E-state index >= 15 is 0 Å². The molecule has 2 rings (SSSR count). The molecule has 2 aromatic carbocycles. The Hall–Kier alpha value is -0.760. The van der Waals surface area contributed by atoms with Crippen molar-refractivity contribution in [1.82, 2.24) is 0 Å². The molecule has 0 saturated heterocycles. The molecule has 1 N–H and O–H groups in total. The Morgan fingerprint density at radius 2 is 0.929 bits per heavy atom. The zero-order chi connectivity index (χ0) is 8.93. The van der Waals surface area contributed by atoms with Crippen LogP contribution in [0.4, 0.5) is 11.4 Å². The molecule has 1 radical (unpaired) electrons. The summed E-state index contributed by atoms with van der Waals surface area (Å²) in [6, 6.07) is 20.3. The zero-order valence-corrected chi connectivity index (χ0v) is 10.3. The van der Waals surface area contributed by atoms with Gasteiger partial charge in [-0.1, -0.05) is 36.4 Å². The van der Waals surface area contributed by atoms with Gasteiger partial charge in [0.1, 0.15) is 0 Å². The van der Waals surface area contributed by atoms with E-state index in [1.54, 1.807) is 0 Å². The second-order valence-corrected chi connectivity index (χ2v) is 2.86. The first kappa shape index (κ1) is 11.3. The van der Waals surface area contributed by atoms with Crippen LogP contribution in [-0.4, -0.2) is 29.6 Å². The summed E-state index contributed by atoms with van der Waals surface area (Å²) in [5, 5.41) is 3.30. The van der Waals surface area contributed by atoms with Crippen molar-refractivity contribution in [2.75, 3.05) is 5.32 Å². The minimum Gasteiger partial charge on any atom is -0.356 e. The van der Waals surface area contributed by atoms with Crippen molar-refractivity contribution in [3.63, 3.8) is 0 Å². The SMILES string of the molecule is [Na].c1ccc(Nc2ccccc2)cc1. The summed E-state index contributed by atoms with van der Waals surface area (Å²) < 4.78 is 0. The summed E-state index contributed by atoms with van der Waals surface area (Å²) in [4.78, 5) is 0. The average molecular weight is 192 g/mol. The van der Waals surface area contributed by atoms with Crippen LogP contribution in [0.25, 0.3) is 0 Å². The van der Waals surface area contributed by atoms with E-state index in [4.69, 9.17) is 0 Å². The summed E-state index contributed by atoms with van der Waals surface area (Å²) in [5.41, 5.74) is 2.24. The van der Waals surface area contributed by atoms with Crippen molar-refractivity contribution in [2.45, 2.75) is 0 Å². The van der Waals surface area contributed by atoms with Gasteiger partial charge in [0.05, 0.1) is 0 Å². The van der Waals surface area contributed by atoms with E-state index in [1.807, 2.05) is 60.7 Å². The summed E-state index contributed by atoms with van der Waals surface area (Å²) in [6.07, 6.45) is 0. The van der Waals surface area contributed by atoms with E-state index in [0.29, 0.717) is 0 Å². The molecular weight excluding hydrogens is 181 g/mol. The van der Waals surface area contributed by atoms with Crippen molar-refractivity contribution < 1.29 is 0 Å². The standard InChI is InChI=1S/C12H11N.Na/c1-3-7-11(8-4-1)13-12-9-5-2-6-10-12;/h1-10,13H;. The molecule has 0 atom stereocenters. The fraction of sp³-hybridized carbons (Fsp3) is 0. The van der Waals surface area contributed by atoms with Crippen molar-refractivity contribution >= 4 is 40.9 Å². The minimum absolute atomic E-state index is 0. The van der Waals surface area contributed by atoms with Gasteiger partial charge in [0.15, 0.2) is 0 Å². The Bertz CT molecular complexity index is 321. The van der Waals surface area contributed by atoms with E-state index in [0.717, 1.165) is 11.4 Å². The molecule has 0 spiro atoms. The van der Waals surface area contributed by atoms with Crippen LogP contribution in [-0.2, 0) is 0 Å². The third-order valence-electron chi connectivity index (χ3n) is 1.84. The number of hydrogen-bond acceptors (Lipinski definition) is 1. The van der Waals surface area contributed by atoms with Crippen LogP contribution in [0.1, 0.15) is 0 Å². The number of benzene rings is 2. The van der Waals surface area contributed by atoms with E-state index in [-0.39, 0.29) is 29.6 Å². The van der Waals surface area contributed by atoms with Gasteiger partial charge in [-0.25, -0.2) is 0 Å². The van der Waals surface area contributed by atoms with Gasteiger partial charge in [-0.15, -0.1) is 0 Å². The molecule has 0 unspecified atom stereocenters. The van der Waals surface area contributed by atoms with Gasteiger partial charge in [0.25, 0.3) is 0 Å². The first-order chi connectivity index (χ1) is 6.45. The number of para-hydroxylation sites is 2. The third kappa shape index (κ3) is 3.18. The molecule has 65 valence electrons. The van der Waals surface area contributed by atoms with Crippen molar-refractivity contribution in [1.29, 1.82) is 0 Å². The molecular formula is C12H11NNa. The van der Waals surface area contributed by atoms with Crippen molar-refractivity contribution in [2.24, 2.45) is 0 Å². The molecule has 0 aromatic heterocycles. The molecule has 2 heteroatoms. The molecule has 1 nitrogen and oxygen atoms in total. The van der Waals surface area contributed by atoms with Gasteiger partial charge in [0.2, 0.25) is 0 Å². The topological polar surface area (TPSA) is 12.0 Å². The molecule has 0 aliphatic carbocycles. The maximum atomic E-state index is 3.30. The van der Waals surface area contributed by atoms with Crippen LogP contribution in [0, 0.1) is 0 Å². The van der Waals surface area contributed by atoms with Crippen LogP contribution in [0.3, 0.4) is 0 Å². The van der Waals surface area contributed by atoms with E-state index in [2.05, 4.69) is 5.32 Å². The first-order valence-corrected chi connectivity index (χ1v) is 4.32. The summed E-state index contributed by atoms with van der Waals surface area (Å²) in [7, 11) is 0. The molecule has 2 aromatic rings. The number of rotatable bonds is 2. The predicted molar refractivity (Wildman–Crippen MR) is 61.9 cm³/mol. The van der Waals surface area contributed by atoms with Gasteiger partial charge in [-0.3, -0.25) is 0 Å². The fourth-order valence-corrected chi connectivity index (χ4v) is 1.21. The van der Waals surface area contributed by atoms with Crippen LogP contribution in [0.15, 0.2) is 60.7 Å². The van der Waals surface area contributed by atoms with E-state index in [1.165, 1.54) is 0 Å². The molecule has 0 aliphatic rings. The summed E-state index contributed by atoms with van der Waals surface area (Å²) in [6.45, 7) is 0. The Morgan fingerprint density at radius 3 is 1.29 bits per heavy atom. The Morgan fingerprint density at radius 1 is 0.571 bits per heavy atom. The maximum absolute atomic E-state index is 3.30. The van der Waals surface area contributed by atoms with Crippen LogP contribution in [0.2, 0.25) is 0 Å². The quantitative estimate of drug-likeness (QED) is 0.721. The van der Waals surface area contributed by atoms with Gasteiger partial charge in [0, 0.05) is 40.9 Å². The van der Waals surface area contributed by atoms with Gasteiger partial charge >= 0.3 is 0 Å². The van der Waals surface area contributed by atoms with Crippen LogP contribution in [0.5, 0.6) is 0 Å². The monoisotopic (exact) mass is 192 g/mol. The largest absolute Gasteiger partial charge is 0.356 e. The molecule has 0 saturated carbocycles. The van der Waals surface area contributed by atoms with Gasteiger partial charge in [-0.05, 0) is 24.3 Å². The Balaban J connectivity index is 0.000000980. The van der Waals surface area contributed by atoms with Crippen LogP contribution >= 0.6 is 0 Å². The second-order valence-electron chi connectivity index (χ2n) is 2.86. The zero-order valence-electron chi connectivity index (χ0n) is 8.27. The Kier molecular flexibility index (Phi) is 4.74. The fourth-order valence-electron chi connectivity index (χ4n) is 1.21. The molecule has 0 fully saturated rings. The van der Waals surface area contributed by atoms with Crippen molar-refractivity contribution in [3.8, 4) is 0 Å². The van der Waals surface area contributed by atoms with E-state index in [9.17, 15) is 0 Å². The minimum atomic E-state index is 0. The second kappa shape index (κ2) is 5.86. The Labute approximate surface area is 106 Å². The normalized spacial score (nSPS) is 8.86. The third-order valence-corrected chi connectivity index (χ3v) is 1.84. The van der Waals surface area contributed by atoms with E-state index < -0.39 is 0 Å². The van der Waals surface area contributed by atoms with Gasteiger partial charge in [-0.2, -0.15) is 0 Å².